The van der Waals surface area contributed by atoms with Gasteiger partial charge < -0.3 is 9.47 Å². The van der Waals surface area contributed by atoms with Crippen LogP contribution in [0, 0.1) is 0 Å². The lowest BCUT2D eigenvalue weighted by atomic mass is 10.2. The summed E-state index contributed by atoms with van der Waals surface area (Å²) in [6.45, 7) is 1.99. The van der Waals surface area contributed by atoms with Gasteiger partial charge in [-0.25, -0.2) is 4.79 Å². The predicted octanol–water partition coefficient (Wildman–Crippen LogP) is 2.42. The summed E-state index contributed by atoms with van der Waals surface area (Å²) < 4.78 is 9.84. The third kappa shape index (κ3) is 3.90. The Morgan fingerprint density at radius 2 is 2.27 bits per heavy atom. The Kier molecular flexibility index (Phi) is 4.59. The molecule has 0 aliphatic rings. The normalized spacial score (nSPS) is 12.2. The lowest BCUT2D eigenvalue weighted by Crippen LogP contribution is -2.21. The quantitative estimate of drug-likeness (QED) is 0.743. The molecule has 0 bridgehead atoms. The number of carbonyl (C=O) groups excluding carboxylic acids is 1. The van der Waals surface area contributed by atoms with Gasteiger partial charge in [0.2, 0.25) is 0 Å². The molecule has 0 amide bonds. The highest BCUT2D eigenvalue weighted by Crippen LogP contribution is 2.12. The summed E-state index contributed by atoms with van der Waals surface area (Å²) in [7, 11) is 1.33. The molecule has 0 aliphatic carbocycles. The number of carbonyl (C=O) groups is 1. The molecule has 0 radical (unpaired) electrons. The van der Waals surface area contributed by atoms with Crippen LogP contribution in [-0.4, -0.2) is 19.2 Å². The lowest BCUT2D eigenvalue weighted by molar-refractivity contribution is -0.153. The Labute approximate surface area is 93.9 Å². The molecule has 3 nitrogen and oxygen atoms in total. The Balaban J connectivity index is 2.47. The number of hydrogen-bond acceptors (Lipinski definition) is 3. The average molecular weight is 229 g/mol. The topological polar surface area (TPSA) is 35.5 Å². The summed E-state index contributed by atoms with van der Waals surface area (Å²) in [6.07, 6.45) is -0.561. The van der Waals surface area contributed by atoms with Crippen molar-refractivity contribution in [2.24, 2.45) is 0 Å². The van der Waals surface area contributed by atoms with E-state index in [2.05, 4.69) is 4.74 Å². The molecule has 0 saturated carbocycles. The Morgan fingerprint density at radius 1 is 1.53 bits per heavy atom. The zero-order valence-corrected chi connectivity index (χ0v) is 9.45. The van der Waals surface area contributed by atoms with Gasteiger partial charge in [-0.3, -0.25) is 0 Å². The number of halogens is 1. The highest BCUT2D eigenvalue weighted by atomic mass is 35.5. The molecule has 1 atom stereocenters. The largest absolute Gasteiger partial charge is 0.467 e. The minimum Gasteiger partial charge on any atom is -0.467 e. The summed E-state index contributed by atoms with van der Waals surface area (Å²) >= 11 is 5.80. The number of hydrogen-bond donors (Lipinski definition) is 0. The number of ether oxygens (including phenoxy) is 2. The maximum absolute atomic E-state index is 11.0. The van der Waals surface area contributed by atoms with Crippen molar-refractivity contribution in [3.63, 3.8) is 0 Å². The fraction of sp³-hybridized carbons (Fsp3) is 0.364. The fourth-order valence-electron chi connectivity index (χ4n) is 1.08. The first-order valence-corrected chi connectivity index (χ1v) is 4.95. The third-order valence-corrected chi connectivity index (χ3v) is 2.16. The van der Waals surface area contributed by atoms with E-state index < -0.39 is 6.10 Å². The number of rotatable bonds is 4. The molecular formula is C11H13ClO3. The lowest BCUT2D eigenvalue weighted by Gasteiger charge is -2.10. The van der Waals surface area contributed by atoms with Crippen molar-refractivity contribution in [2.75, 3.05) is 7.11 Å². The van der Waals surface area contributed by atoms with Crippen LogP contribution >= 0.6 is 11.6 Å². The smallest absolute Gasteiger partial charge is 0.334 e. The van der Waals surface area contributed by atoms with Crippen LogP contribution in [0.5, 0.6) is 0 Å². The molecule has 0 fully saturated rings. The van der Waals surface area contributed by atoms with Crippen LogP contribution in [0.15, 0.2) is 24.3 Å². The SMILES string of the molecule is COC(=O)[C@@H](C)OCc1cccc(Cl)c1. The van der Waals surface area contributed by atoms with Crippen LogP contribution in [-0.2, 0) is 20.9 Å². The summed E-state index contributed by atoms with van der Waals surface area (Å²) in [4.78, 5) is 11.0. The fourth-order valence-corrected chi connectivity index (χ4v) is 1.29. The van der Waals surface area contributed by atoms with Crippen molar-refractivity contribution in [3.05, 3.63) is 34.9 Å². The first-order chi connectivity index (χ1) is 7.13. The molecule has 0 heterocycles. The van der Waals surface area contributed by atoms with Gasteiger partial charge in [0.1, 0.15) is 0 Å². The summed E-state index contributed by atoms with van der Waals surface area (Å²) in [6, 6.07) is 7.31. The molecule has 15 heavy (non-hydrogen) atoms. The van der Waals surface area contributed by atoms with Crippen molar-refractivity contribution in [1.82, 2.24) is 0 Å². The zero-order chi connectivity index (χ0) is 11.3. The van der Waals surface area contributed by atoms with Gasteiger partial charge in [-0.05, 0) is 24.6 Å². The molecule has 0 saturated heterocycles. The van der Waals surface area contributed by atoms with Crippen molar-refractivity contribution in [2.45, 2.75) is 19.6 Å². The van der Waals surface area contributed by atoms with Crippen molar-refractivity contribution in [3.8, 4) is 0 Å². The number of esters is 1. The van der Waals surface area contributed by atoms with Gasteiger partial charge in [0.15, 0.2) is 6.10 Å². The molecule has 0 aliphatic heterocycles. The summed E-state index contributed by atoms with van der Waals surface area (Å²) in [5.41, 5.74) is 0.929. The molecule has 0 spiro atoms. The molecule has 4 heteroatoms. The van der Waals surface area contributed by atoms with Crippen LogP contribution in [0.2, 0.25) is 5.02 Å². The van der Waals surface area contributed by atoms with Gasteiger partial charge in [-0.15, -0.1) is 0 Å². The van der Waals surface area contributed by atoms with Crippen LogP contribution in [0.4, 0.5) is 0 Å². The van der Waals surface area contributed by atoms with Gasteiger partial charge in [0.05, 0.1) is 13.7 Å². The van der Waals surface area contributed by atoms with Crippen LogP contribution in [0.1, 0.15) is 12.5 Å². The van der Waals surface area contributed by atoms with E-state index >= 15 is 0 Å². The molecule has 0 aromatic heterocycles. The van der Waals surface area contributed by atoms with E-state index in [0.29, 0.717) is 11.6 Å². The van der Waals surface area contributed by atoms with E-state index in [9.17, 15) is 4.79 Å². The molecular weight excluding hydrogens is 216 g/mol. The monoisotopic (exact) mass is 228 g/mol. The van der Waals surface area contributed by atoms with Gasteiger partial charge in [-0.2, -0.15) is 0 Å². The van der Waals surface area contributed by atoms with E-state index in [1.54, 1.807) is 19.1 Å². The minimum atomic E-state index is -0.561. The summed E-state index contributed by atoms with van der Waals surface area (Å²) in [5, 5.41) is 0.654. The maximum Gasteiger partial charge on any atom is 0.334 e. The minimum absolute atomic E-state index is 0.344. The second-order valence-corrected chi connectivity index (χ2v) is 3.54. The van der Waals surface area contributed by atoms with E-state index in [-0.39, 0.29) is 5.97 Å². The molecule has 82 valence electrons. The van der Waals surface area contributed by atoms with Crippen molar-refractivity contribution < 1.29 is 14.3 Å². The molecule has 1 aromatic carbocycles. The van der Waals surface area contributed by atoms with Gasteiger partial charge in [0.25, 0.3) is 0 Å². The standard InChI is InChI=1S/C11H13ClO3/c1-8(11(13)14-2)15-7-9-4-3-5-10(12)6-9/h3-6,8H,7H2,1-2H3/t8-/m1/s1. The Morgan fingerprint density at radius 3 is 2.87 bits per heavy atom. The Bertz CT molecular complexity index is 338. The second kappa shape index (κ2) is 5.73. The van der Waals surface area contributed by atoms with Gasteiger partial charge in [0, 0.05) is 5.02 Å². The number of benzene rings is 1. The third-order valence-electron chi connectivity index (χ3n) is 1.92. The summed E-state index contributed by atoms with van der Waals surface area (Å²) in [5.74, 6) is -0.378. The van der Waals surface area contributed by atoms with Crippen molar-refractivity contribution in [1.29, 1.82) is 0 Å². The van der Waals surface area contributed by atoms with E-state index in [0.717, 1.165) is 5.56 Å². The molecule has 1 aromatic rings. The second-order valence-electron chi connectivity index (χ2n) is 3.11. The number of methoxy groups -OCH3 is 1. The van der Waals surface area contributed by atoms with Gasteiger partial charge >= 0.3 is 5.97 Å². The Hall–Kier alpha value is -1.06. The van der Waals surface area contributed by atoms with E-state index in [4.69, 9.17) is 16.3 Å². The molecule has 0 unspecified atom stereocenters. The predicted molar refractivity (Wildman–Crippen MR) is 57.7 cm³/mol. The highest BCUT2D eigenvalue weighted by molar-refractivity contribution is 6.30. The first-order valence-electron chi connectivity index (χ1n) is 4.57. The maximum atomic E-state index is 11.0. The van der Waals surface area contributed by atoms with Crippen LogP contribution in [0.3, 0.4) is 0 Å². The van der Waals surface area contributed by atoms with Crippen LogP contribution < -0.4 is 0 Å². The first kappa shape index (κ1) is 12.0. The van der Waals surface area contributed by atoms with E-state index in [1.165, 1.54) is 7.11 Å². The molecule has 1 rings (SSSR count). The zero-order valence-electron chi connectivity index (χ0n) is 8.70. The van der Waals surface area contributed by atoms with Gasteiger partial charge in [-0.1, -0.05) is 23.7 Å². The molecule has 0 N–H and O–H groups in total. The van der Waals surface area contributed by atoms with Crippen LogP contribution in [0.25, 0.3) is 0 Å². The van der Waals surface area contributed by atoms with Crippen molar-refractivity contribution >= 4 is 17.6 Å². The van der Waals surface area contributed by atoms with E-state index in [1.807, 2.05) is 12.1 Å². The average Bonchev–Trinajstić information content (AvgIpc) is 2.25. The highest BCUT2D eigenvalue weighted by Gasteiger charge is 2.12.